The van der Waals surface area contributed by atoms with Crippen LogP contribution in [0.25, 0.3) is 0 Å². The highest BCUT2D eigenvalue weighted by Gasteiger charge is 2.24. The molecule has 122 valence electrons. The van der Waals surface area contributed by atoms with Crippen LogP contribution < -0.4 is 5.32 Å². The van der Waals surface area contributed by atoms with E-state index in [0.717, 1.165) is 5.56 Å². The Labute approximate surface area is 132 Å². The molecule has 0 aliphatic rings. The van der Waals surface area contributed by atoms with Gasteiger partial charge in [0.1, 0.15) is 11.6 Å². The summed E-state index contributed by atoms with van der Waals surface area (Å²) in [7, 11) is 1.30. The van der Waals surface area contributed by atoms with Crippen molar-refractivity contribution in [1.29, 1.82) is 0 Å². The van der Waals surface area contributed by atoms with Crippen molar-refractivity contribution in [3.63, 3.8) is 0 Å². The fourth-order valence-electron chi connectivity index (χ4n) is 1.91. The standard InChI is InChI=1S/C17H25NO4/c1-12-6-8-13(9-7-12)10-11-14(15(19)21-5)18-16(20)22-17(2,3)4/h6-9,14H,10-11H2,1-5H3,(H,18,20)/t14-/m1/s1. The number of benzene rings is 1. The second kappa shape index (κ2) is 7.82. The molecular formula is C17H25NO4. The fraction of sp³-hybridized carbons (Fsp3) is 0.529. The molecule has 0 aromatic heterocycles. The van der Waals surface area contributed by atoms with Gasteiger partial charge >= 0.3 is 12.1 Å². The zero-order chi connectivity index (χ0) is 16.8. The first kappa shape index (κ1) is 18.0. The van der Waals surface area contributed by atoms with Crippen LogP contribution >= 0.6 is 0 Å². The van der Waals surface area contributed by atoms with E-state index >= 15 is 0 Å². The molecule has 0 spiro atoms. The van der Waals surface area contributed by atoms with Crippen LogP contribution in [0.15, 0.2) is 24.3 Å². The molecule has 1 atom stereocenters. The van der Waals surface area contributed by atoms with Gasteiger partial charge in [-0.05, 0) is 46.1 Å². The number of amides is 1. The Morgan fingerprint density at radius 2 is 1.77 bits per heavy atom. The molecule has 0 aliphatic carbocycles. The highest BCUT2D eigenvalue weighted by molar-refractivity contribution is 5.81. The van der Waals surface area contributed by atoms with Gasteiger partial charge in [0.15, 0.2) is 0 Å². The van der Waals surface area contributed by atoms with Crippen LogP contribution in [0.1, 0.15) is 38.3 Å². The minimum Gasteiger partial charge on any atom is -0.467 e. The Kier molecular flexibility index (Phi) is 6.40. The number of hydrogen-bond acceptors (Lipinski definition) is 4. The van der Waals surface area contributed by atoms with Crippen LogP contribution in [0.5, 0.6) is 0 Å². The predicted molar refractivity (Wildman–Crippen MR) is 84.7 cm³/mol. The summed E-state index contributed by atoms with van der Waals surface area (Å²) in [5.41, 5.74) is 1.67. The molecule has 1 aromatic carbocycles. The highest BCUT2D eigenvalue weighted by Crippen LogP contribution is 2.10. The molecule has 0 saturated carbocycles. The smallest absolute Gasteiger partial charge is 0.408 e. The van der Waals surface area contributed by atoms with Gasteiger partial charge in [-0.3, -0.25) is 0 Å². The number of nitrogens with one attached hydrogen (secondary N) is 1. The summed E-state index contributed by atoms with van der Waals surface area (Å²) < 4.78 is 9.91. The molecule has 0 fully saturated rings. The zero-order valence-corrected chi connectivity index (χ0v) is 13.9. The van der Waals surface area contributed by atoms with Crippen LogP contribution in [0.3, 0.4) is 0 Å². The third-order valence-electron chi connectivity index (χ3n) is 3.02. The largest absolute Gasteiger partial charge is 0.467 e. The van der Waals surface area contributed by atoms with Crippen LogP contribution in [0.4, 0.5) is 4.79 Å². The monoisotopic (exact) mass is 307 g/mol. The van der Waals surface area contributed by atoms with E-state index in [9.17, 15) is 9.59 Å². The molecule has 1 amide bonds. The van der Waals surface area contributed by atoms with E-state index in [1.165, 1.54) is 12.7 Å². The number of esters is 1. The minimum atomic E-state index is -0.721. The van der Waals surface area contributed by atoms with Gasteiger partial charge in [0.2, 0.25) is 0 Å². The first-order chi connectivity index (χ1) is 10.2. The number of ether oxygens (including phenoxy) is 2. The van der Waals surface area contributed by atoms with E-state index in [4.69, 9.17) is 9.47 Å². The van der Waals surface area contributed by atoms with Gasteiger partial charge in [-0.1, -0.05) is 29.8 Å². The maximum absolute atomic E-state index is 11.8. The summed E-state index contributed by atoms with van der Waals surface area (Å²) in [5.74, 6) is -0.474. The number of carbonyl (C=O) groups is 2. The molecule has 5 nitrogen and oxygen atoms in total. The summed E-state index contributed by atoms with van der Waals surface area (Å²) in [4.78, 5) is 23.6. The predicted octanol–water partition coefficient (Wildman–Crippen LogP) is 2.99. The quantitative estimate of drug-likeness (QED) is 0.849. The van der Waals surface area contributed by atoms with Crippen molar-refractivity contribution in [2.75, 3.05) is 7.11 Å². The molecule has 1 rings (SSSR count). The maximum atomic E-state index is 11.8. The molecule has 22 heavy (non-hydrogen) atoms. The number of methoxy groups -OCH3 is 1. The van der Waals surface area contributed by atoms with Crippen molar-refractivity contribution < 1.29 is 19.1 Å². The highest BCUT2D eigenvalue weighted by atomic mass is 16.6. The number of carbonyl (C=O) groups excluding carboxylic acids is 2. The Morgan fingerprint density at radius 3 is 2.27 bits per heavy atom. The molecule has 0 aliphatic heterocycles. The number of rotatable bonds is 5. The summed E-state index contributed by atoms with van der Waals surface area (Å²) in [5, 5.41) is 2.57. The van der Waals surface area contributed by atoms with Gasteiger partial charge in [0.25, 0.3) is 0 Å². The van der Waals surface area contributed by atoms with Crippen molar-refractivity contribution in [3.8, 4) is 0 Å². The number of aryl methyl sites for hydroxylation is 2. The Bertz CT molecular complexity index is 502. The first-order valence-corrected chi connectivity index (χ1v) is 7.34. The Morgan fingerprint density at radius 1 is 1.18 bits per heavy atom. The summed E-state index contributed by atoms with van der Waals surface area (Å²) >= 11 is 0. The third-order valence-corrected chi connectivity index (χ3v) is 3.02. The maximum Gasteiger partial charge on any atom is 0.408 e. The Hall–Kier alpha value is -2.04. The van der Waals surface area contributed by atoms with Crippen molar-refractivity contribution in [3.05, 3.63) is 35.4 Å². The average Bonchev–Trinajstić information content (AvgIpc) is 2.42. The summed E-state index contributed by atoms with van der Waals surface area (Å²) in [6.07, 6.45) is 0.497. The van der Waals surface area contributed by atoms with E-state index in [2.05, 4.69) is 5.32 Å². The normalized spacial score (nSPS) is 12.4. The topological polar surface area (TPSA) is 64.6 Å². The molecule has 0 heterocycles. The molecule has 0 bridgehead atoms. The second-order valence-corrected chi connectivity index (χ2v) is 6.25. The SMILES string of the molecule is COC(=O)[C@@H](CCc1ccc(C)cc1)NC(=O)OC(C)(C)C. The first-order valence-electron chi connectivity index (χ1n) is 7.34. The van der Waals surface area contributed by atoms with E-state index in [1.807, 2.05) is 31.2 Å². The van der Waals surface area contributed by atoms with Crippen molar-refractivity contribution in [2.24, 2.45) is 0 Å². The second-order valence-electron chi connectivity index (χ2n) is 6.25. The minimum absolute atomic E-state index is 0.453. The van der Waals surface area contributed by atoms with Gasteiger partial charge in [-0.15, -0.1) is 0 Å². The van der Waals surface area contributed by atoms with Crippen LogP contribution in [0, 0.1) is 6.92 Å². The Balaban J connectivity index is 2.63. The van der Waals surface area contributed by atoms with Crippen LogP contribution in [-0.4, -0.2) is 30.8 Å². The lowest BCUT2D eigenvalue weighted by molar-refractivity contribution is -0.143. The van der Waals surface area contributed by atoms with Crippen molar-refractivity contribution in [1.82, 2.24) is 5.32 Å². The molecule has 1 N–H and O–H groups in total. The lowest BCUT2D eigenvalue weighted by atomic mass is 10.0. The summed E-state index contributed by atoms with van der Waals surface area (Å²) in [6.45, 7) is 7.33. The van der Waals surface area contributed by atoms with Gasteiger partial charge in [0, 0.05) is 0 Å². The van der Waals surface area contributed by atoms with Crippen LogP contribution in [0.2, 0.25) is 0 Å². The van der Waals surface area contributed by atoms with E-state index in [0.29, 0.717) is 12.8 Å². The fourth-order valence-corrected chi connectivity index (χ4v) is 1.91. The molecule has 0 radical (unpaired) electrons. The molecular weight excluding hydrogens is 282 g/mol. The summed E-state index contributed by atoms with van der Waals surface area (Å²) in [6, 6.07) is 7.34. The lowest BCUT2D eigenvalue weighted by Gasteiger charge is -2.22. The molecule has 0 unspecified atom stereocenters. The van der Waals surface area contributed by atoms with Gasteiger partial charge < -0.3 is 14.8 Å². The van der Waals surface area contributed by atoms with Gasteiger partial charge in [-0.2, -0.15) is 0 Å². The van der Waals surface area contributed by atoms with Crippen molar-refractivity contribution in [2.45, 2.75) is 52.2 Å². The van der Waals surface area contributed by atoms with Gasteiger partial charge in [0.05, 0.1) is 7.11 Å². The van der Waals surface area contributed by atoms with Gasteiger partial charge in [-0.25, -0.2) is 9.59 Å². The number of alkyl carbamates (subject to hydrolysis) is 1. The molecule has 0 saturated heterocycles. The third kappa shape index (κ3) is 6.61. The van der Waals surface area contributed by atoms with E-state index in [-0.39, 0.29) is 0 Å². The lowest BCUT2D eigenvalue weighted by Crippen LogP contribution is -2.44. The number of hydrogen-bond donors (Lipinski definition) is 1. The van der Waals surface area contributed by atoms with Crippen molar-refractivity contribution >= 4 is 12.1 Å². The molecule has 1 aromatic rings. The molecule has 5 heteroatoms. The van der Waals surface area contributed by atoms with E-state index in [1.54, 1.807) is 20.8 Å². The van der Waals surface area contributed by atoms with E-state index < -0.39 is 23.7 Å². The zero-order valence-electron chi connectivity index (χ0n) is 13.9. The average molecular weight is 307 g/mol. The van der Waals surface area contributed by atoms with Crippen LogP contribution in [-0.2, 0) is 20.7 Å².